The molecular formula is C49H30N4. The van der Waals surface area contributed by atoms with Crippen molar-refractivity contribution in [1.29, 1.82) is 0 Å². The molecule has 0 bridgehead atoms. The summed E-state index contributed by atoms with van der Waals surface area (Å²) in [5, 5.41) is 12.1. The maximum Gasteiger partial charge on any atom is 0.166 e. The fourth-order valence-electron chi connectivity index (χ4n) is 8.14. The molecule has 2 heterocycles. The summed E-state index contributed by atoms with van der Waals surface area (Å²) in [6, 6.07) is 64.5. The lowest BCUT2D eigenvalue weighted by atomic mass is 9.95. The van der Waals surface area contributed by atoms with Crippen LogP contribution in [-0.2, 0) is 0 Å². The van der Waals surface area contributed by atoms with Crippen molar-refractivity contribution in [2.75, 3.05) is 0 Å². The number of hydrogen-bond donors (Lipinski definition) is 0. The summed E-state index contributed by atoms with van der Waals surface area (Å²) in [6.07, 6.45) is 0. The van der Waals surface area contributed by atoms with Gasteiger partial charge in [-0.1, -0.05) is 158 Å². The van der Waals surface area contributed by atoms with Gasteiger partial charge in [-0.25, -0.2) is 15.0 Å². The van der Waals surface area contributed by atoms with Gasteiger partial charge in [-0.3, -0.25) is 0 Å². The van der Waals surface area contributed by atoms with Crippen molar-refractivity contribution < 1.29 is 0 Å². The molecule has 0 atom stereocenters. The third-order valence-corrected chi connectivity index (χ3v) is 10.6. The first-order valence-corrected chi connectivity index (χ1v) is 18.0. The molecule has 9 aromatic carbocycles. The van der Waals surface area contributed by atoms with Gasteiger partial charge in [0.25, 0.3) is 0 Å². The van der Waals surface area contributed by atoms with Gasteiger partial charge in [-0.05, 0) is 62.0 Å². The molecule has 0 N–H and O–H groups in total. The Morgan fingerprint density at radius 3 is 1.74 bits per heavy atom. The van der Waals surface area contributed by atoms with Crippen molar-refractivity contribution in [3.63, 3.8) is 0 Å². The van der Waals surface area contributed by atoms with E-state index in [1.54, 1.807) is 0 Å². The van der Waals surface area contributed by atoms with Gasteiger partial charge in [0.15, 0.2) is 17.5 Å². The fraction of sp³-hybridized carbons (Fsp3) is 0. The van der Waals surface area contributed by atoms with Gasteiger partial charge in [-0.15, -0.1) is 0 Å². The maximum absolute atomic E-state index is 5.31. The standard InChI is InChI=1S/C49H30N4/c1-2-14-35(15-3-1)47-50-48(36-27-24-33-23-26-34-25-22-31-12-4-6-16-37(31)45(34)42(33)30-36)52-49(51-47)41-19-9-11-21-44(41)53-43-20-10-8-18-39(43)40-29-28-32-13-5-7-17-38(32)46(40)53/h1-30H. The average molecular weight is 675 g/mol. The summed E-state index contributed by atoms with van der Waals surface area (Å²) in [5.41, 5.74) is 6.14. The van der Waals surface area contributed by atoms with Crippen LogP contribution in [0.25, 0.3) is 105 Å². The topological polar surface area (TPSA) is 43.6 Å². The van der Waals surface area contributed by atoms with Gasteiger partial charge >= 0.3 is 0 Å². The molecule has 0 aliphatic heterocycles. The van der Waals surface area contributed by atoms with E-state index >= 15 is 0 Å². The van der Waals surface area contributed by atoms with E-state index in [1.165, 1.54) is 59.4 Å². The lowest BCUT2D eigenvalue weighted by Gasteiger charge is -2.15. The van der Waals surface area contributed by atoms with E-state index in [0.717, 1.165) is 27.9 Å². The maximum atomic E-state index is 5.31. The van der Waals surface area contributed by atoms with Crippen molar-refractivity contribution in [3.05, 3.63) is 182 Å². The van der Waals surface area contributed by atoms with E-state index in [2.05, 4.69) is 168 Å². The summed E-state index contributed by atoms with van der Waals surface area (Å²) in [7, 11) is 0. The molecule has 4 heteroatoms. The molecule has 11 rings (SSSR count). The molecule has 11 aromatic rings. The average Bonchev–Trinajstić information content (AvgIpc) is 3.58. The highest BCUT2D eigenvalue weighted by atomic mass is 15.1. The number of rotatable bonds is 4. The van der Waals surface area contributed by atoms with Crippen molar-refractivity contribution in [1.82, 2.24) is 19.5 Å². The zero-order chi connectivity index (χ0) is 34.9. The normalized spacial score (nSPS) is 11.8. The predicted molar refractivity (Wildman–Crippen MR) is 220 cm³/mol. The first kappa shape index (κ1) is 29.5. The Kier molecular flexibility index (Phi) is 6.52. The summed E-state index contributed by atoms with van der Waals surface area (Å²) >= 11 is 0. The molecule has 246 valence electrons. The molecule has 0 radical (unpaired) electrons. The minimum Gasteiger partial charge on any atom is -0.308 e. The van der Waals surface area contributed by atoms with Crippen LogP contribution in [0, 0.1) is 0 Å². The Balaban J connectivity index is 1.19. The van der Waals surface area contributed by atoms with E-state index < -0.39 is 0 Å². The Morgan fingerprint density at radius 2 is 0.906 bits per heavy atom. The Labute approximate surface area is 305 Å². The molecule has 0 unspecified atom stereocenters. The van der Waals surface area contributed by atoms with E-state index in [-0.39, 0.29) is 0 Å². The van der Waals surface area contributed by atoms with Crippen molar-refractivity contribution in [3.8, 4) is 39.9 Å². The molecule has 4 nitrogen and oxygen atoms in total. The van der Waals surface area contributed by atoms with Crippen LogP contribution in [0.5, 0.6) is 0 Å². The van der Waals surface area contributed by atoms with Crippen LogP contribution in [0.4, 0.5) is 0 Å². The Bertz CT molecular complexity index is 3230. The van der Waals surface area contributed by atoms with Crippen LogP contribution >= 0.6 is 0 Å². The smallest absolute Gasteiger partial charge is 0.166 e. The van der Waals surface area contributed by atoms with E-state index in [1.807, 2.05) is 18.2 Å². The summed E-state index contributed by atoms with van der Waals surface area (Å²) in [6.45, 7) is 0. The van der Waals surface area contributed by atoms with Crippen LogP contribution in [0.3, 0.4) is 0 Å². The van der Waals surface area contributed by atoms with Gasteiger partial charge < -0.3 is 4.57 Å². The molecule has 0 spiro atoms. The number of para-hydroxylation sites is 2. The third-order valence-electron chi connectivity index (χ3n) is 10.6. The lowest BCUT2D eigenvalue weighted by Crippen LogP contribution is -2.03. The Hall–Kier alpha value is -7.17. The quantitative estimate of drug-likeness (QED) is 0.175. The summed E-state index contributed by atoms with van der Waals surface area (Å²) < 4.78 is 2.39. The van der Waals surface area contributed by atoms with E-state index in [0.29, 0.717) is 17.5 Å². The highest BCUT2D eigenvalue weighted by Crippen LogP contribution is 2.40. The molecule has 0 fully saturated rings. The first-order chi connectivity index (χ1) is 26.3. The zero-order valence-corrected chi connectivity index (χ0v) is 28.6. The van der Waals surface area contributed by atoms with Gasteiger partial charge in [0.1, 0.15) is 0 Å². The molecule has 0 aliphatic rings. The number of hydrogen-bond acceptors (Lipinski definition) is 3. The zero-order valence-electron chi connectivity index (χ0n) is 28.6. The molecule has 0 saturated heterocycles. The number of nitrogens with zero attached hydrogens (tertiary/aromatic N) is 4. The molecule has 2 aromatic heterocycles. The number of benzene rings is 9. The van der Waals surface area contributed by atoms with Crippen LogP contribution in [0.2, 0.25) is 0 Å². The van der Waals surface area contributed by atoms with E-state index in [9.17, 15) is 0 Å². The number of aromatic nitrogens is 4. The first-order valence-electron chi connectivity index (χ1n) is 18.0. The summed E-state index contributed by atoms with van der Waals surface area (Å²) in [4.78, 5) is 15.7. The largest absolute Gasteiger partial charge is 0.308 e. The third kappa shape index (κ3) is 4.66. The number of fused-ring (bicyclic) bond motifs is 10. The van der Waals surface area contributed by atoms with Gasteiger partial charge in [-0.2, -0.15) is 0 Å². The van der Waals surface area contributed by atoms with Crippen LogP contribution in [0.15, 0.2) is 182 Å². The van der Waals surface area contributed by atoms with Gasteiger partial charge in [0.2, 0.25) is 0 Å². The SMILES string of the molecule is c1ccc(-c2nc(-c3ccc4ccc5ccc6ccccc6c5c4c3)nc(-c3ccccc3-n3c4ccccc4c4ccc5ccccc5c43)n2)cc1. The highest BCUT2D eigenvalue weighted by molar-refractivity contribution is 6.21. The van der Waals surface area contributed by atoms with Crippen LogP contribution in [-0.4, -0.2) is 19.5 Å². The second kappa shape index (κ2) is 11.7. The second-order valence-electron chi connectivity index (χ2n) is 13.6. The monoisotopic (exact) mass is 674 g/mol. The van der Waals surface area contributed by atoms with Gasteiger partial charge in [0.05, 0.1) is 16.7 Å². The molecule has 53 heavy (non-hydrogen) atoms. The minimum absolute atomic E-state index is 0.624. The molecule has 0 aliphatic carbocycles. The summed E-state index contributed by atoms with van der Waals surface area (Å²) in [5.74, 6) is 1.89. The van der Waals surface area contributed by atoms with Crippen LogP contribution < -0.4 is 0 Å². The van der Waals surface area contributed by atoms with Crippen LogP contribution in [0.1, 0.15) is 0 Å². The molecule has 0 saturated carbocycles. The van der Waals surface area contributed by atoms with Gasteiger partial charge in [0, 0.05) is 32.8 Å². The fourth-order valence-corrected chi connectivity index (χ4v) is 8.14. The van der Waals surface area contributed by atoms with Crippen molar-refractivity contribution >= 4 is 64.9 Å². The minimum atomic E-state index is 0.624. The molecular weight excluding hydrogens is 645 g/mol. The lowest BCUT2D eigenvalue weighted by molar-refractivity contribution is 1.07. The van der Waals surface area contributed by atoms with E-state index in [4.69, 9.17) is 15.0 Å². The Morgan fingerprint density at radius 1 is 0.340 bits per heavy atom. The van der Waals surface area contributed by atoms with Crippen molar-refractivity contribution in [2.24, 2.45) is 0 Å². The molecule has 0 amide bonds. The highest BCUT2D eigenvalue weighted by Gasteiger charge is 2.20. The second-order valence-corrected chi connectivity index (χ2v) is 13.6. The van der Waals surface area contributed by atoms with Crippen molar-refractivity contribution in [2.45, 2.75) is 0 Å². The predicted octanol–water partition coefficient (Wildman–Crippen LogP) is 12.6.